The molecule has 0 aliphatic heterocycles. The minimum Gasteiger partial charge on any atom is -0.480 e. The van der Waals surface area contributed by atoms with Gasteiger partial charge in [0.2, 0.25) is 0 Å². The zero-order chi connectivity index (χ0) is 20.7. The number of rotatable bonds is 5. The molecule has 0 saturated heterocycles. The fourth-order valence-corrected chi connectivity index (χ4v) is 3.30. The summed E-state index contributed by atoms with van der Waals surface area (Å²) in [4.78, 5) is 24.0. The van der Waals surface area contributed by atoms with Gasteiger partial charge < -0.3 is 9.84 Å². The number of carbonyl (C=O) groups is 1. The van der Waals surface area contributed by atoms with Crippen LogP contribution in [0.1, 0.15) is 18.7 Å². The van der Waals surface area contributed by atoms with Gasteiger partial charge in [-0.1, -0.05) is 23.7 Å². The lowest BCUT2D eigenvalue weighted by molar-refractivity contribution is -0.140. The monoisotopic (exact) mass is 413 g/mol. The molecule has 1 unspecified atom stereocenters. The fourth-order valence-electron chi connectivity index (χ4n) is 3.18. The van der Waals surface area contributed by atoms with E-state index in [1.807, 2.05) is 12.1 Å². The Hall–Kier alpha value is -3.30. The Morgan fingerprint density at radius 2 is 1.97 bits per heavy atom. The first-order valence-electron chi connectivity index (χ1n) is 8.69. The van der Waals surface area contributed by atoms with E-state index in [0.717, 1.165) is 15.7 Å². The highest BCUT2D eigenvalue weighted by atomic mass is 35.5. The summed E-state index contributed by atoms with van der Waals surface area (Å²) in [5.74, 6) is -1.12. The average molecular weight is 414 g/mol. The number of aromatic nitrogens is 5. The first-order chi connectivity index (χ1) is 13.9. The Morgan fingerprint density at radius 3 is 2.62 bits per heavy atom. The van der Waals surface area contributed by atoms with Gasteiger partial charge in [-0.05, 0) is 30.7 Å². The van der Waals surface area contributed by atoms with E-state index in [2.05, 4.69) is 15.3 Å². The summed E-state index contributed by atoms with van der Waals surface area (Å²) in [5, 5.41) is 22.7. The second-order valence-corrected chi connectivity index (χ2v) is 6.91. The second-order valence-electron chi connectivity index (χ2n) is 6.47. The van der Waals surface area contributed by atoms with Crippen LogP contribution in [0.2, 0.25) is 5.02 Å². The van der Waals surface area contributed by atoms with E-state index in [4.69, 9.17) is 16.3 Å². The molecule has 0 spiro atoms. The Kier molecular flexibility index (Phi) is 4.77. The van der Waals surface area contributed by atoms with Gasteiger partial charge >= 0.3 is 5.97 Å². The summed E-state index contributed by atoms with van der Waals surface area (Å²) < 4.78 is 7.90. The molecule has 0 amide bonds. The van der Waals surface area contributed by atoms with Gasteiger partial charge in [0, 0.05) is 18.3 Å². The molecule has 9 nitrogen and oxygen atoms in total. The Bertz CT molecular complexity index is 1300. The molecule has 0 saturated carbocycles. The summed E-state index contributed by atoms with van der Waals surface area (Å²) in [6, 6.07) is 7.78. The smallest absolute Gasteiger partial charge is 0.326 e. The molecule has 0 radical (unpaired) electrons. The maximum absolute atomic E-state index is 12.8. The van der Waals surface area contributed by atoms with Gasteiger partial charge in [-0.3, -0.25) is 9.36 Å². The van der Waals surface area contributed by atoms with Crippen molar-refractivity contribution in [2.24, 2.45) is 0 Å². The topological polar surface area (TPSA) is 112 Å². The molecule has 0 aliphatic carbocycles. The minimum atomic E-state index is -1.12. The number of hydrogen-bond acceptors (Lipinski definition) is 6. The lowest BCUT2D eigenvalue weighted by Gasteiger charge is -2.11. The van der Waals surface area contributed by atoms with Gasteiger partial charge in [0.1, 0.15) is 11.6 Å². The number of benzene rings is 1. The highest BCUT2D eigenvalue weighted by Crippen LogP contribution is 2.30. The number of fused-ring (bicyclic) bond motifs is 3. The normalized spacial score (nSPS) is 12.5. The standard InChI is InChI=1S/C19H16ClN5O4/c1-10(19(27)28)24-8-7-14-16(18(24)26)21-22-17-15(11-3-5-12(20)6-4-11)13(9-29-2)23-25(14)17/h3-8,10H,9H2,1-2H3,(H,27,28). The van der Waals surface area contributed by atoms with Crippen LogP contribution in [0, 0.1) is 0 Å². The second kappa shape index (κ2) is 7.26. The highest BCUT2D eigenvalue weighted by molar-refractivity contribution is 6.30. The predicted molar refractivity (Wildman–Crippen MR) is 106 cm³/mol. The maximum Gasteiger partial charge on any atom is 0.326 e. The van der Waals surface area contributed by atoms with Crippen molar-refractivity contribution < 1.29 is 14.6 Å². The third-order valence-corrected chi connectivity index (χ3v) is 4.92. The van der Waals surface area contributed by atoms with E-state index in [1.165, 1.54) is 17.6 Å². The van der Waals surface area contributed by atoms with Gasteiger partial charge in [-0.2, -0.15) is 5.10 Å². The average Bonchev–Trinajstić information content (AvgIpc) is 3.07. The number of halogens is 1. The van der Waals surface area contributed by atoms with Crippen molar-refractivity contribution in [2.45, 2.75) is 19.6 Å². The van der Waals surface area contributed by atoms with Crippen molar-refractivity contribution in [3.8, 4) is 11.1 Å². The molecule has 0 aliphatic rings. The molecule has 4 aromatic rings. The number of ether oxygens (including phenoxy) is 1. The van der Waals surface area contributed by atoms with Gasteiger partial charge in [0.05, 0.1) is 17.9 Å². The number of carboxylic acid groups (broad SMARTS) is 1. The zero-order valence-corrected chi connectivity index (χ0v) is 16.3. The number of nitrogens with zero attached hydrogens (tertiary/aromatic N) is 5. The molecular weight excluding hydrogens is 398 g/mol. The van der Waals surface area contributed by atoms with E-state index in [-0.39, 0.29) is 12.1 Å². The SMILES string of the molecule is COCc1nn2c(nnc3c(=O)n(C(C)C(=O)O)ccc32)c1-c1ccc(Cl)cc1. The van der Waals surface area contributed by atoms with Crippen LogP contribution in [0.25, 0.3) is 27.8 Å². The van der Waals surface area contributed by atoms with Gasteiger partial charge in [-0.15, -0.1) is 10.2 Å². The lowest BCUT2D eigenvalue weighted by Crippen LogP contribution is -2.28. The molecule has 1 atom stereocenters. The van der Waals surface area contributed by atoms with Crippen LogP contribution in [0.3, 0.4) is 0 Å². The number of methoxy groups -OCH3 is 1. The van der Waals surface area contributed by atoms with Crippen LogP contribution < -0.4 is 5.56 Å². The van der Waals surface area contributed by atoms with E-state index in [9.17, 15) is 14.7 Å². The Labute approximate surface area is 169 Å². The molecule has 0 fully saturated rings. The summed E-state index contributed by atoms with van der Waals surface area (Å²) in [6.07, 6.45) is 1.42. The number of aliphatic carboxylic acids is 1. The Morgan fingerprint density at radius 1 is 1.24 bits per heavy atom. The van der Waals surface area contributed by atoms with E-state index >= 15 is 0 Å². The van der Waals surface area contributed by atoms with E-state index in [1.54, 1.807) is 25.3 Å². The number of hydrogen-bond donors (Lipinski definition) is 1. The Balaban J connectivity index is 2.01. The van der Waals surface area contributed by atoms with Crippen molar-refractivity contribution in [3.05, 3.63) is 57.6 Å². The minimum absolute atomic E-state index is 0.0298. The summed E-state index contributed by atoms with van der Waals surface area (Å²) in [7, 11) is 1.56. The van der Waals surface area contributed by atoms with Crippen LogP contribution in [0.15, 0.2) is 41.3 Å². The van der Waals surface area contributed by atoms with Gasteiger partial charge in [0.15, 0.2) is 11.2 Å². The summed E-state index contributed by atoms with van der Waals surface area (Å²) in [6.45, 7) is 1.65. The molecule has 1 aromatic carbocycles. The van der Waals surface area contributed by atoms with Gasteiger partial charge in [-0.25, -0.2) is 9.31 Å². The fraction of sp³-hybridized carbons (Fsp3) is 0.211. The molecule has 29 heavy (non-hydrogen) atoms. The van der Waals surface area contributed by atoms with Crippen molar-refractivity contribution in [2.75, 3.05) is 7.11 Å². The first kappa shape index (κ1) is 19.0. The molecule has 10 heteroatoms. The van der Waals surface area contributed by atoms with Crippen LogP contribution in [0.5, 0.6) is 0 Å². The number of carboxylic acids is 1. The summed E-state index contributed by atoms with van der Waals surface area (Å²) >= 11 is 6.00. The van der Waals surface area contributed by atoms with Crippen LogP contribution in [-0.4, -0.2) is 42.6 Å². The number of pyridine rings is 1. The largest absolute Gasteiger partial charge is 0.480 e. The lowest BCUT2D eigenvalue weighted by atomic mass is 10.1. The molecule has 4 rings (SSSR count). The molecule has 0 bridgehead atoms. The highest BCUT2D eigenvalue weighted by Gasteiger charge is 2.21. The molecule has 148 valence electrons. The van der Waals surface area contributed by atoms with Crippen LogP contribution >= 0.6 is 11.6 Å². The first-order valence-corrected chi connectivity index (χ1v) is 9.07. The molecular formula is C19H16ClN5O4. The van der Waals surface area contributed by atoms with E-state index in [0.29, 0.717) is 21.9 Å². The van der Waals surface area contributed by atoms with Crippen molar-refractivity contribution in [1.82, 2.24) is 24.4 Å². The predicted octanol–water partition coefficient (Wildman–Crippen LogP) is 2.55. The third-order valence-electron chi connectivity index (χ3n) is 4.67. The maximum atomic E-state index is 12.8. The molecule has 3 heterocycles. The van der Waals surface area contributed by atoms with Crippen molar-refractivity contribution >= 4 is 34.3 Å². The summed E-state index contributed by atoms with van der Waals surface area (Å²) in [5.41, 5.74) is 2.53. The van der Waals surface area contributed by atoms with Crippen LogP contribution in [0.4, 0.5) is 0 Å². The molecule has 3 aromatic heterocycles. The molecule has 1 N–H and O–H groups in total. The van der Waals surface area contributed by atoms with Crippen molar-refractivity contribution in [1.29, 1.82) is 0 Å². The zero-order valence-electron chi connectivity index (χ0n) is 15.5. The van der Waals surface area contributed by atoms with E-state index < -0.39 is 17.6 Å². The van der Waals surface area contributed by atoms with Gasteiger partial charge in [0.25, 0.3) is 5.56 Å². The van der Waals surface area contributed by atoms with Crippen molar-refractivity contribution in [3.63, 3.8) is 0 Å². The quantitative estimate of drug-likeness (QED) is 0.535. The third kappa shape index (κ3) is 3.14. The van der Waals surface area contributed by atoms with Crippen LogP contribution in [-0.2, 0) is 16.1 Å².